The number of hydrogen-bond acceptors (Lipinski definition) is 3. The molecule has 0 unspecified atom stereocenters. The van der Waals surface area contributed by atoms with E-state index in [2.05, 4.69) is 10.5 Å². The number of carbonyl (C=O) groups is 1. The van der Waals surface area contributed by atoms with Crippen molar-refractivity contribution < 1.29 is 4.79 Å². The van der Waals surface area contributed by atoms with Gasteiger partial charge in [0.2, 0.25) is 0 Å². The van der Waals surface area contributed by atoms with E-state index in [-0.39, 0.29) is 5.91 Å². The Hall–Kier alpha value is -3.34. The number of rotatable bonds is 5. The van der Waals surface area contributed by atoms with E-state index >= 15 is 0 Å². The summed E-state index contributed by atoms with van der Waals surface area (Å²) in [6.45, 7) is 0. The minimum atomic E-state index is -0.216. The van der Waals surface area contributed by atoms with Crippen LogP contribution in [0.5, 0.6) is 0 Å². The summed E-state index contributed by atoms with van der Waals surface area (Å²) in [5, 5.41) is 5.83. The Labute approximate surface area is 140 Å². The third kappa shape index (κ3) is 3.89. The number of nitrogens with one attached hydrogen (secondary N) is 1. The van der Waals surface area contributed by atoms with Crippen molar-refractivity contribution in [3.8, 4) is 0 Å². The van der Waals surface area contributed by atoms with Crippen LogP contribution in [0, 0.1) is 0 Å². The molecule has 0 saturated carbocycles. The van der Waals surface area contributed by atoms with Crippen LogP contribution in [0.1, 0.15) is 5.56 Å². The lowest BCUT2D eigenvalue weighted by molar-refractivity contribution is -0.116. The second-order valence-corrected chi connectivity index (χ2v) is 5.26. The highest BCUT2D eigenvalue weighted by atomic mass is 16.2. The molecule has 0 aliphatic heterocycles. The molecule has 0 aliphatic rings. The molecule has 120 valence electrons. The molecule has 2 aromatic carbocycles. The lowest BCUT2D eigenvalue weighted by atomic mass is 10.2. The Morgan fingerprint density at radius 1 is 1.04 bits per heavy atom. The molecule has 0 radical (unpaired) electrons. The molecule has 1 heterocycles. The van der Waals surface area contributed by atoms with E-state index in [1.54, 1.807) is 22.0 Å². The van der Waals surface area contributed by atoms with Crippen LogP contribution in [0.4, 0.5) is 11.4 Å². The average molecular weight is 318 g/mol. The second-order valence-electron chi connectivity index (χ2n) is 5.26. The predicted octanol–water partition coefficient (Wildman–Crippen LogP) is 3.30. The molecule has 3 aromatic rings. The fourth-order valence-electron chi connectivity index (χ4n) is 2.28. The molecular weight excluding hydrogens is 300 g/mol. The molecule has 24 heavy (non-hydrogen) atoms. The number of benzene rings is 2. The van der Waals surface area contributed by atoms with Crippen molar-refractivity contribution >= 4 is 23.4 Å². The molecule has 5 heteroatoms. The number of aryl methyl sites for hydroxylation is 1. The molecular formula is C19H18N4O. The Morgan fingerprint density at radius 3 is 2.12 bits per heavy atom. The van der Waals surface area contributed by atoms with Crippen LogP contribution in [0.25, 0.3) is 6.08 Å². The van der Waals surface area contributed by atoms with Crippen molar-refractivity contribution in [2.75, 3.05) is 5.01 Å². The summed E-state index contributed by atoms with van der Waals surface area (Å²) in [6.07, 6.45) is 6.78. The van der Waals surface area contributed by atoms with Crippen LogP contribution >= 0.6 is 0 Å². The summed E-state index contributed by atoms with van der Waals surface area (Å²) in [4.78, 5) is 12.3. The maximum atomic E-state index is 12.3. The van der Waals surface area contributed by atoms with Crippen LogP contribution < -0.4 is 10.4 Å². The van der Waals surface area contributed by atoms with E-state index in [0.29, 0.717) is 0 Å². The van der Waals surface area contributed by atoms with E-state index < -0.39 is 0 Å². The fourth-order valence-corrected chi connectivity index (χ4v) is 2.28. The van der Waals surface area contributed by atoms with Gasteiger partial charge in [-0.05, 0) is 30.3 Å². The van der Waals surface area contributed by atoms with Crippen molar-refractivity contribution in [3.63, 3.8) is 0 Å². The molecule has 0 fully saturated rings. The second kappa shape index (κ2) is 7.28. The van der Waals surface area contributed by atoms with Crippen molar-refractivity contribution in [1.29, 1.82) is 0 Å². The number of hydrogen-bond donors (Lipinski definition) is 1. The summed E-state index contributed by atoms with van der Waals surface area (Å²) < 4.78 is 1.69. The highest BCUT2D eigenvalue weighted by Crippen LogP contribution is 2.22. The highest BCUT2D eigenvalue weighted by Gasteiger charge is 2.10. The van der Waals surface area contributed by atoms with Crippen LogP contribution in [-0.4, -0.2) is 15.7 Å². The largest absolute Gasteiger partial charge is 0.275 e. The normalized spacial score (nSPS) is 10.7. The maximum absolute atomic E-state index is 12.3. The maximum Gasteiger partial charge on any atom is 0.262 e. The third-order valence-corrected chi connectivity index (χ3v) is 3.40. The standard InChI is InChI=1S/C19H18N4O/c1-22-15-16(14-20-22)12-13-19(24)21-23(17-8-4-2-5-9-17)18-10-6-3-7-11-18/h2-15H,1H3,(H,21,24)/b13-12+. The summed E-state index contributed by atoms with van der Waals surface area (Å²) in [5.41, 5.74) is 5.54. The van der Waals surface area contributed by atoms with Gasteiger partial charge in [0.1, 0.15) is 0 Å². The van der Waals surface area contributed by atoms with Gasteiger partial charge in [-0.25, -0.2) is 0 Å². The number of amides is 1. The molecule has 0 spiro atoms. The topological polar surface area (TPSA) is 50.2 Å². The van der Waals surface area contributed by atoms with E-state index in [1.165, 1.54) is 6.08 Å². The minimum Gasteiger partial charge on any atom is -0.275 e. The van der Waals surface area contributed by atoms with Gasteiger partial charge in [-0.1, -0.05) is 36.4 Å². The molecule has 1 aromatic heterocycles. The van der Waals surface area contributed by atoms with Gasteiger partial charge in [-0.15, -0.1) is 0 Å². The van der Waals surface area contributed by atoms with Gasteiger partial charge in [-0.3, -0.25) is 19.9 Å². The SMILES string of the molecule is Cn1cc(/C=C/C(=O)NN(c2ccccc2)c2ccccc2)cn1. The van der Waals surface area contributed by atoms with Gasteiger partial charge in [0.15, 0.2) is 0 Å². The number of aromatic nitrogens is 2. The number of para-hydroxylation sites is 2. The van der Waals surface area contributed by atoms with E-state index in [0.717, 1.165) is 16.9 Å². The molecule has 0 aliphatic carbocycles. The van der Waals surface area contributed by atoms with Gasteiger partial charge in [-0.2, -0.15) is 5.10 Å². The first-order valence-corrected chi connectivity index (χ1v) is 7.60. The Bertz CT molecular complexity index is 785. The van der Waals surface area contributed by atoms with Crippen LogP contribution in [0.3, 0.4) is 0 Å². The number of anilines is 2. The lowest BCUT2D eigenvalue weighted by Gasteiger charge is -2.24. The van der Waals surface area contributed by atoms with E-state index in [1.807, 2.05) is 73.9 Å². The van der Waals surface area contributed by atoms with Crippen LogP contribution in [0.15, 0.2) is 79.1 Å². The van der Waals surface area contributed by atoms with Gasteiger partial charge in [0, 0.05) is 24.9 Å². The average Bonchev–Trinajstić information content (AvgIpc) is 3.05. The first-order chi connectivity index (χ1) is 11.7. The molecule has 0 saturated heterocycles. The quantitative estimate of drug-likeness (QED) is 0.580. The monoisotopic (exact) mass is 318 g/mol. The molecule has 3 rings (SSSR count). The minimum absolute atomic E-state index is 0.216. The highest BCUT2D eigenvalue weighted by molar-refractivity contribution is 5.93. The number of hydrazine groups is 1. The van der Waals surface area contributed by atoms with E-state index in [4.69, 9.17) is 0 Å². The van der Waals surface area contributed by atoms with Crippen molar-refractivity contribution in [2.24, 2.45) is 7.05 Å². The zero-order valence-corrected chi connectivity index (χ0v) is 13.3. The van der Waals surface area contributed by atoms with Gasteiger partial charge < -0.3 is 0 Å². The zero-order valence-electron chi connectivity index (χ0n) is 13.3. The van der Waals surface area contributed by atoms with Gasteiger partial charge in [0.25, 0.3) is 5.91 Å². The Kier molecular flexibility index (Phi) is 4.72. The molecule has 1 amide bonds. The summed E-state index contributed by atoms with van der Waals surface area (Å²) in [6, 6.07) is 19.4. The lowest BCUT2D eigenvalue weighted by Crippen LogP contribution is -2.37. The van der Waals surface area contributed by atoms with Crippen molar-refractivity contribution in [2.45, 2.75) is 0 Å². The molecule has 1 N–H and O–H groups in total. The Morgan fingerprint density at radius 2 is 1.62 bits per heavy atom. The van der Waals surface area contributed by atoms with Gasteiger partial charge >= 0.3 is 0 Å². The summed E-state index contributed by atoms with van der Waals surface area (Å²) in [5.74, 6) is -0.216. The fraction of sp³-hybridized carbons (Fsp3) is 0.0526. The van der Waals surface area contributed by atoms with E-state index in [9.17, 15) is 4.79 Å². The zero-order chi connectivity index (χ0) is 16.8. The van der Waals surface area contributed by atoms with Crippen molar-refractivity contribution in [3.05, 3.63) is 84.7 Å². The van der Waals surface area contributed by atoms with Crippen LogP contribution in [0.2, 0.25) is 0 Å². The summed E-state index contributed by atoms with van der Waals surface area (Å²) >= 11 is 0. The smallest absolute Gasteiger partial charge is 0.262 e. The number of nitrogens with zero attached hydrogens (tertiary/aromatic N) is 3. The predicted molar refractivity (Wildman–Crippen MR) is 95.4 cm³/mol. The molecule has 0 atom stereocenters. The van der Waals surface area contributed by atoms with Crippen LogP contribution in [-0.2, 0) is 11.8 Å². The third-order valence-electron chi connectivity index (χ3n) is 3.40. The Balaban J connectivity index is 1.79. The van der Waals surface area contributed by atoms with Crippen molar-refractivity contribution in [1.82, 2.24) is 15.2 Å². The summed E-state index contributed by atoms with van der Waals surface area (Å²) in [7, 11) is 1.84. The first-order valence-electron chi connectivity index (χ1n) is 7.60. The number of carbonyl (C=O) groups excluding carboxylic acids is 1. The molecule has 5 nitrogen and oxygen atoms in total. The first kappa shape index (κ1) is 15.6. The van der Waals surface area contributed by atoms with Gasteiger partial charge in [0.05, 0.1) is 17.6 Å². The molecule has 0 bridgehead atoms.